The fourth-order valence-corrected chi connectivity index (χ4v) is 2.76. The van der Waals surface area contributed by atoms with Crippen LogP contribution in [0.5, 0.6) is 0 Å². The van der Waals surface area contributed by atoms with Gasteiger partial charge in [-0.25, -0.2) is 4.39 Å². The molecule has 0 fully saturated rings. The molecule has 1 nitrogen and oxygen atoms in total. The number of rotatable bonds is 4. The first-order chi connectivity index (χ1) is 9.56. The second-order valence-corrected chi connectivity index (χ2v) is 5.75. The van der Waals surface area contributed by atoms with Crippen LogP contribution >= 0.6 is 15.9 Å². The highest BCUT2D eigenvalue weighted by Gasteiger charge is 2.14. The summed E-state index contributed by atoms with van der Waals surface area (Å²) in [6.45, 7) is 4.25. The Labute approximate surface area is 128 Å². The molecule has 2 rings (SSSR count). The number of benzene rings is 2. The Balaban J connectivity index is 2.45. The summed E-state index contributed by atoms with van der Waals surface area (Å²) in [5, 5.41) is 0. The van der Waals surface area contributed by atoms with Crippen molar-refractivity contribution in [3.8, 4) is 0 Å². The molecule has 2 N–H and O–H groups in total. The minimum absolute atomic E-state index is 0.228. The Bertz CT molecular complexity index is 610. The van der Waals surface area contributed by atoms with Crippen molar-refractivity contribution in [3.63, 3.8) is 0 Å². The third-order valence-corrected chi connectivity index (χ3v) is 4.24. The van der Waals surface area contributed by atoms with Crippen molar-refractivity contribution in [2.24, 2.45) is 5.73 Å². The molecule has 0 aliphatic rings. The lowest BCUT2D eigenvalue weighted by molar-refractivity contribution is 0.619. The number of halogens is 2. The molecule has 0 heterocycles. The Kier molecular flexibility index (Phi) is 4.95. The van der Waals surface area contributed by atoms with E-state index >= 15 is 0 Å². The standard InChI is InChI=1S/C17H19BrFN/c1-3-11-5-6-12(4-2)14(9-11)17(20)13-7-8-16(19)15(18)10-13/h5-10,17H,3-4,20H2,1-2H3. The van der Waals surface area contributed by atoms with Crippen molar-refractivity contribution in [3.05, 3.63) is 68.9 Å². The van der Waals surface area contributed by atoms with Crippen LogP contribution in [0.1, 0.15) is 42.1 Å². The lowest BCUT2D eigenvalue weighted by atomic mass is 9.92. The third-order valence-electron chi connectivity index (χ3n) is 3.64. The van der Waals surface area contributed by atoms with E-state index in [4.69, 9.17) is 5.73 Å². The van der Waals surface area contributed by atoms with Gasteiger partial charge >= 0.3 is 0 Å². The summed E-state index contributed by atoms with van der Waals surface area (Å²) in [4.78, 5) is 0. The van der Waals surface area contributed by atoms with Gasteiger partial charge in [-0.3, -0.25) is 0 Å². The summed E-state index contributed by atoms with van der Waals surface area (Å²) in [7, 11) is 0. The quantitative estimate of drug-likeness (QED) is 0.856. The average molecular weight is 336 g/mol. The van der Waals surface area contributed by atoms with E-state index in [2.05, 4.69) is 48.0 Å². The van der Waals surface area contributed by atoms with E-state index in [-0.39, 0.29) is 11.9 Å². The van der Waals surface area contributed by atoms with Crippen LogP contribution in [0.25, 0.3) is 0 Å². The Morgan fingerprint density at radius 3 is 2.45 bits per heavy atom. The van der Waals surface area contributed by atoms with Crippen molar-refractivity contribution >= 4 is 15.9 Å². The molecule has 0 aromatic heterocycles. The van der Waals surface area contributed by atoms with Gasteiger partial charge < -0.3 is 5.73 Å². The fraction of sp³-hybridized carbons (Fsp3) is 0.294. The molecule has 20 heavy (non-hydrogen) atoms. The van der Waals surface area contributed by atoms with Crippen LogP contribution in [0.3, 0.4) is 0 Å². The van der Waals surface area contributed by atoms with Crippen LogP contribution in [0, 0.1) is 5.82 Å². The molecule has 106 valence electrons. The van der Waals surface area contributed by atoms with Crippen LogP contribution in [0.15, 0.2) is 40.9 Å². The zero-order chi connectivity index (χ0) is 14.7. The smallest absolute Gasteiger partial charge is 0.137 e. The van der Waals surface area contributed by atoms with Gasteiger partial charge in [-0.05, 0) is 63.2 Å². The molecule has 0 aliphatic heterocycles. The second kappa shape index (κ2) is 6.51. The average Bonchev–Trinajstić information content (AvgIpc) is 2.48. The first-order valence-electron chi connectivity index (χ1n) is 6.89. The maximum absolute atomic E-state index is 13.3. The van der Waals surface area contributed by atoms with E-state index in [0.717, 1.165) is 24.0 Å². The van der Waals surface area contributed by atoms with Gasteiger partial charge in [0.2, 0.25) is 0 Å². The lowest BCUT2D eigenvalue weighted by Gasteiger charge is -2.18. The number of hydrogen-bond acceptors (Lipinski definition) is 1. The molecular formula is C17H19BrFN. The van der Waals surface area contributed by atoms with Crippen LogP contribution in [-0.2, 0) is 12.8 Å². The number of hydrogen-bond donors (Lipinski definition) is 1. The molecular weight excluding hydrogens is 317 g/mol. The SMILES string of the molecule is CCc1ccc(CC)c(C(N)c2ccc(F)c(Br)c2)c1. The summed E-state index contributed by atoms with van der Waals surface area (Å²) in [6.07, 6.45) is 1.92. The monoisotopic (exact) mass is 335 g/mol. The predicted molar refractivity (Wildman–Crippen MR) is 85.3 cm³/mol. The summed E-state index contributed by atoms with van der Waals surface area (Å²) in [5.74, 6) is -0.265. The minimum Gasteiger partial charge on any atom is -0.320 e. The zero-order valence-electron chi connectivity index (χ0n) is 11.8. The highest BCUT2D eigenvalue weighted by Crippen LogP contribution is 2.27. The molecule has 2 aromatic carbocycles. The fourth-order valence-electron chi connectivity index (χ4n) is 2.36. The molecule has 0 radical (unpaired) electrons. The van der Waals surface area contributed by atoms with E-state index < -0.39 is 0 Å². The highest BCUT2D eigenvalue weighted by atomic mass is 79.9. The van der Waals surface area contributed by atoms with E-state index in [0.29, 0.717) is 4.47 Å². The van der Waals surface area contributed by atoms with E-state index in [1.807, 2.05) is 0 Å². The van der Waals surface area contributed by atoms with E-state index in [1.54, 1.807) is 12.1 Å². The van der Waals surface area contributed by atoms with Gasteiger partial charge in [0, 0.05) is 0 Å². The third kappa shape index (κ3) is 3.10. The Morgan fingerprint density at radius 1 is 1.10 bits per heavy atom. The van der Waals surface area contributed by atoms with Crippen molar-refractivity contribution in [2.45, 2.75) is 32.7 Å². The van der Waals surface area contributed by atoms with Crippen molar-refractivity contribution in [1.29, 1.82) is 0 Å². The second-order valence-electron chi connectivity index (χ2n) is 4.89. The lowest BCUT2D eigenvalue weighted by Crippen LogP contribution is -2.14. The maximum Gasteiger partial charge on any atom is 0.137 e. The van der Waals surface area contributed by atoms with Gasteiger partial charge in [-0.1, -0.05) is 38.1 Å². The molecule has 1 unspecified atom stereocenters. The molecule has 0 bridgehead atoms. The van der Waals surface area contributed by atoms with Crippen molar-refractivity contribution < 1.29 is 4.39 Å². The first kappa shape index (κ1) is 15.2. The van der Waals surface area contributed by atoms with Gasteiger partial charge in [0.25, 0.3) is 0 Å². The first-order valence-corrected chi connectivity index (χ1v) is 7.68. The Hall–Kier alpha value is -1.19. The number of nitrogens with two attached hydrogens (primary N) is 1. The van der Waals surface area contributed by atoms with Crippen molar-refractivity contribution in [1.82, 2.24) is 0 Å². The zero-order valence-corrected chi connectivity index (χ0v) is 13.4. The minimum atomic E-state index is -0.265. The molecule has 3 heteroatoms. The predicted octanol–water partition coefficient (Wildman–Crippen LogP) is 4.76. The summed E-state index contributed by atoms with van der Waals surface area (Å²) in [5.41, 5.74) is 11.0. The normalized spacial score (nSPS) is 12.4. The van der Waals surface area contributed by atoms with Crippen molar-refractivity contribution in [2.75, 3.05) is 0 Å². The molecule has 0 spiro atoms. The maximum atomic E-state index is 13.3. The highest BCUT2D eigenvalue weighted by molar-refractivity contribution is 9.10. The van der Waals surface area contributed by atoms with Crippen LogP contribution in [0.4, 0.5) is 4.39 Å². The topological polar surface area (TPSA) is 26.0 Å². The van der Waals surface area contributed by atoms with E-state index in [1.165, 1.54) is 17.2 Å². The largest absolute Gasteiger partial charge is 0.320 e. The van der Waals surface area contributed by atoms with Crippen LogP contribution in [0.2, 0.25) is 0 Å². The van der Waals surface area contributed by atoms with Crippen LogP contribution in [-0.4, -0.2) is 0 Å². The van der Waals surface area contributed by atoms with E-state index in [9.17, 15) is 4.39 Å². The van der Waals surface area contributed by atoms with Gasteiger partial charge in [0.05, 0.1) is 10.5 Å². The summed E-state index contributed by atoms with van der Waals surface area (Å²) >= 11 is 3.22. The molecule has 1 atom stereocenters. The molecule has 2 aromatic rings. The van der Waals surface area contributed by atoms with Gasteiger partial charge in [-0.2, -0.15) is 0 Å². The van der Waals surface area contributed by atoms with Crippen LogP contribution < -0.4 is 5.73 Å². The molecule has 0 amide bonds. The molecule has 0 saturated carbocycles. The number of aryl methyl sites for hydroxylation is 2. The summed E-state index contributed by atoms with van der Waals surface area (Å²) < 4.78 is 13.8. The van der Waals surface area contributed by atoms with Gasteiger partial charge in [0.1, 0.15) is 5.82 Å². The van der Waals surface area contributed by atoms with Gasteiger partial charge in [0.15, 0.2) is 0 Å². The van der Waals surface area contributed by atoms with Gasteiger partial charge in [-0.15, -0.1) is 0 Å². The Morgan fingerprint density at radius 2 is 1.85 bits per heavy atom. The molecule has 0 saturated heterocycles. The molecule has 0 aliphatic carbocycles. The summed E-state index contributed by atoms with van der Waals surface area (Å²) in [6, 6.07) is 11.2.